The van der Waals surface area contributed by atoms with Crippen molar-refractivity contribution in [3.05, 3.63) is 28.0 Å². The largest absolute Gasteiger partial charge is 0.465 e. The van der Waals surface area contributed by atoms with Crippen molar-refractivity contribution in [3.8, 4) is 0 Å². The second kappa shape index (κ2) is 4.50. The lowest BCUT2D eigenvalue weighted by molar-refractivity contribution is 0.0595. The standard InChI is InChI=1S/C9H8BrFO4S/c1-15-9(12)5-3-6(10)8(4-7(5)11)16(2,13)14/h3-4H,1-2H3. The minimum absolute atomic E-state index is 0.122. The van der Waals surface area contributed by atoms with Crippen LogP contribution in [0.15, 0.2) is 21.5 Å². The molecule has 0 atom stereocenters. The fourth-order valence-corrected chi connectivity index (χ4v) is 3.04. The first-order chi connectivity index (χ1) is 7.27. The van der Waals surface area contributed by atoms with Crippen LogP contribution in [0.4, 0.5) is 4.39 Å². The zero-order valence-corrected chi connectivity index (χ0v) is 10.9. The Balaban J connectivity index is 3.45. The Morgan fingerprint density at radius 2 is 2.00 bits per heavy atom. The summed E-state index contributed by atoms with van der Waals surface area (Å²) in [6, 6.07) is 1.86. The van der Waals surface area contributed by atoms with Crippen LogP contribution in [0, 0.1) is 5.82 Å². The first-order valence-corrected chi connectivity index (χ1v) is 6.73. The van der Waals surface area contributed by atoms with E-state index >= 15 is 0 Å². The topological polar surface area (TPSA) is 60.4 Å². The summed E-state index contributed by atoms with van der Waals surface area (Å²) in [6.07, 6.45) is 0.949. The lowest BCUT2D eigenvalue weighted by Gasteiger charge is -2.06. The summed E-state index contributed by atoms with van der Waals surface area (Å²) >= 11 is 2.96. The Kier molecular flexibility index (Phi) is 3.69. The zero-order chi connectivity index (χ0) is 12.5. The van der Waals surface area contributed by atoms with E-state index in [-0.39, 0.29) is 14.9 Å². The predicted molar refractivity (Wildman–Crippen MR) is 58.5 cm³/mol. The number of hydrogen-bond acceptors (Lipinski definition) is 4. The lowest BCUT2D eigenvalue weighted by Crippen LogP contribution is -2.07. The highest BCUT2D eigenvalue weighted by atomic mass is 79.9. The molecular formula is C9H8BrFO4S. The van der Waals surface area contributed by atoms with Crippen molar-refractivity contribution in [3.63, 3.8) is 0 Å². The van der Waals surface area contributed by atoms with Gasteiger partial charge in [-0.05, 0) is 28.1 Å². The molecule has 7 heteroatoms. The van der Waals surface area contributed by atoms with Crippen LogP contribution in [0.1, 0.15) is 10.4 Å². The van der Waals surface area contributed by atoms with Gasteiger partial charge in [-0.15, -0.1) is 0 Å². The predicted octanol–water partition coefficient (Wildman–Crippen LogP) is 1.78. The molecule has 0 N–H and O–H groups in total. The van der Waals surface area contributed by atoms with Crippen LogP contribution in [0.25, 0.3) is 0 Å². The Morgan fingerprint density at radius 1 is 1.44 bits per heavy atom. The molecule has 1 aromatic carbocycles. The zero-order valence-electron chi connectivity index (χ0n) is 8.45. The van der Waals surface area contributed by atoms with E-state index < -0.39 is 21.6 Å². The first kappa shape index (κ1) is 13.1. The van der Waals surface area contributed by atoms with E-state index in [0.29, 0.717) is 0 Å². The summed E-state index contributed by atoms with van der Waals surface area (Å²) in [4.78, 5) is 10.9. The number of methoxy groups -OCH3 is 1. The molecule has 0 aromatic heterocycles. The molecule has 0 aliphatic heterocycles. The third-order valence-corrected chi connectivity index (χ3v) is 3.88. The molecule has 1 aromatic rings. The lowest BCUT2D eigenvalue weighted by atomic mass is 10.2. The van der Waals surface area contributed by atoms with Crippen LogP contribution in [0.5, 0.6) is 0 Å². The van der Waals surface area contributed by atoms with E-state index in [2.05, 4.69) is 20.7 Å². The molecule has 1 rings (SSSR count). The van der Waals surface area contributed by atoms with E-state index in [1.807, 2.05) is 0 Å². The van der Waals surface area contributed by atoms with Gasteiger partial charge in [-0.25, -0.2) is 17.6 Å². The van der Waals surface area contributed by atoms with Gasteiger partial charge in [0.25, 0.3) is 0 Å². The van der Waals surface area contributed by atoms with E-state index in [9.17, 15) is 17.6 Å². The highest BCUT2D eigenvalue weighted by molar-refractivity contribution is 9.10. The van der Waals surface area contributed by atoms with Crippen molar-refractivity contribution in [2.75, 3.05) is 13.4 Å². The fourth-order valence-electron chi connectivity index (χ4n) is 1.08. The molecule has 0 saturated carbocycles. The Hall–Kier alpha value is -0.950. The smallest absolute Gasteiger partial charge is 0.340 e. The molecule has 4 nitrogen and oxygen atoms in total. The molecule has 0 heterocycles. The van der Waals surface area contributed by atoms with E-state index in [4.69, 9.17) is 0 Å². The Labute approximate surface area is 100 Å². The Bertz CT molecular complexity index is 539. The maximum absolute atomic E-state index is 13.4. The van der Waals surface area contributed by atoms with Gasteiger partial charge < -0.3 is 4.74 Å². The molecule has 88 valence electrons. The SMILES string of the molecule is COC(=O)c1cc(Br)c(S(C)(=O)=O)cc1F. The summed E-state index contributed by atoms with van der Waals surface area (Å²) in [6.45, 7) is 0. The number of ether oxygens (including phenoxy) is 1. The number of sulfone groups is 1. The van der Waals surface area contributed by atoms with Crippen molar-refractivity contribution in [1.82, 2.24) is 0 Å². The van der Waals surface area contributed by atoms with Crippen molar-refractivity contribution >= 4 is 31.7 Å². The highest BCUT2D eigenvalue weighted by Gasteiger charge is 2.19. The fraction of sp³-hybridized carbons (Fsp3) is 0.222. The van der Waals surface area contributed by atoms with E-state index in [1.165, 1.54) is 0 Å². The first-order valence-electron chi connectivity index (χ1n) is 4.04. The van der Waals surface area contributed by atoms with Crippen LogP contribution in [-0.2, 0) is 14.6 Å². The molecule has 0 radical (unpaired) electrons. The number of benzene rings is 1. The number of carbonyl (C=O) groups is 1. The van der Waals surface area contributed by atoms with Gasteiger partial charge in [-0.2, -0.15) is 0 Å². The third kappa shape index (κ3) is 2.59. The van der Waals surface area contributed by atoms with Gasteiger partial charge in [0.05, 0.1) is 17.6 Å². The third-order valence-electron chi connectivity index (χ3n) is 1.83. The Morgan fingerprint density at radius 3 is 2.44 bits per heavy atom. The van der Waals surface area contributed by atoms with Crippen LogP contribution < -0.4 is 0 Å². The molecular weight excluding hydrogens is 303 g/mol. The minimum atomic E-state index is -3.54. The van der Waals surface area contributed by atoms with Gasteiger partial charge >= 0.3 is 5.97 Å². The van der Waals surface area contributed by atoms with Gasteiger partial charge in [0.2, 0.25) is 0 Å². The van der Waals surface area contributed by atoms with Crippen LogP contribution in [0.3, 0.4) is 0 Å². The monoisotopic (exact) mass is 310 g/mol. The summed E-state index contributed by atoms with van der Waals surface area (Å²) in [7, 11) is -2.43. The van der Waals surface area contributed by atoms with Crippen LogP contribution >= 0.6 is 15.9 Å². The van der Waals surface area contributed by atoms with Crippen molar-refractivity contribution in [1.29, 1.82) is 0 Å². The molecule has 0 bridgehead atoms. The minimum Gasteiger partial charge on any atom is -0.465 e. The van der Waals surface area contributed by atoms with Gasteiger partial charge in [0.15, 0.2) is 9.84 Å². The van der Waals surface area contributed by atoms with Crippen molar-refractivity contribution in [2.45, 2.75) is 4.90 Å². The number of rotatable bonds is 2. The van der Waals surface area contributed by atoms with Crippen molar-refractivity contribution < 1.29 is 22.3 Å². The molecule has 0 aliphatic carbocycles. The maximum atomic E-state index is 13.4. The molecule has 0 fully saturated rings. The average molecular weight is 311 g/mol. The second-order valence-electron chi connectivity index (χ2n) is 3.03. The molecule has 0 amide bonds. The highest BCUT2D eigenvalue weighted by Crippen LogP contribution is 2.25. The number of carbonyl (C=O) groups excluding carboxylic acids is 1. The normalized spacial score (nSPS) is 11.2. The number of halogens is 2. The molecule has 0 saturated heterocycles. The molecule has 16 heavy (non-hydrogen) atoms. The average Bonchev–Trinajstić information content (AvgIpc) is 2.18. The van der Waals surface area contributed by atoms with Crippen molar-refractivity contribution in [2.24, 2.45) is 0 Å². The van der Waals surface area contributed by atoms with Gasteiger partial charge in [0.1, 0.15) is 5.82 Å². The van der Waals surface area contributed by atoms with Gasteiger partial charge in [-0.3, -0.25) is 0 Å². The molecule has 0 aliphatic rings. The van der Waals surface area contributed by atoms with Crippen LogP contribution in [-0.4, -0.2) is 27.8 Å². The van der Waals surface area contributed by atoms with Gasteiger partial charge in [-0.1, -0.05) is 0 Å². The number of esters is 1. The number of hydrogen-bond donors (Lipinski definition) is 0. The van der Waals surface area contributed by atoms with E-state index in [1.54, 1.807) is 0 Å². The summed E-state index contributed by atoms with van der Waals surface area (Å²) in [5.74, 6) is -1.80. The van der Waals surface area contributed by atoms with Gasteiger partial charge in [0, 0.05) is 10.7 Å². The quantitative estimate of drug-likeness (QED) is 0.781. The summed E-state index contributed by atoms with van der Waals surface area (Å²) in [5, 5.41) is 0. The second-order valence-corrected chi connectivity index (χ2v) is 5.86. The van der Waals surface area contributed by atoms with E-state index in [0.717, 1.165) is 25.5 Å². The molecule has 0 spiro atoms. The molecule has 0 unspecified atom stereocenters. The summed E-state index contributed by atoms with van der Waals surface area (Å²) in [5.41, 5.74) is -0.318. The maximum Gasteiger partial charge on any atom is 0.340 e. The summed E-state index contributed by atoms with van der Waals surface area (Å²) < 4.78 is 40.4. The van der Waals surface area contributed by atoms with Crippen LogP contribution in [0.2, 0.25) is 0 Å².